The number of hydrogen-bond donors (Lipinski definition) is 2. The number of nitrogens with zero attached hydrogens (tertiary/aromatic N) is 2. The molecule has 1 spiro atoms. The van der Waals surface area contributed by atoms with E-state index >= 15 is 0 Å². The SMILES string of the molecule is O=C1c2c(O)c(=O)cc(-c3cccc4c3Cc3ccccc3SC4)n2N[C@@H]2COC3(CC3)CN12. The molecular formula is C26H23N3O4S. The number of ether oxygens (including phenoxy) is 1. The molecule has 2 fully saturated rings. The van der Waals surface area contributed by atoms with Gasteiger partial charge in [-0.3, -0.25) is 9.59 Å². The zero-order valence-corrected chi connectivity index (χ0v) is 19.2. The third kappa shape index (κ3) is 2.95. The molecule has 0 unspecified atom stereocenters. The number of aromatic hydroxyl groups is 1. The Morgan fingerprint density at radius 3 is 2.76 bits per heavy atom. The first-order valence-electron chi connectivity index (χ1n) is 11.6. The van der Waals surface area contributed by atoms with Gasteiger partial charge in [0.1, 0.15) is 6.17 Å². The molecule has 8 heteroatoms. The van der Waals surface area contributed by atoms with Crippen LogP contribution < -0.4 is 10.9 Å². The number of carbonyl (C=O) groups excluding carboxylic acids is 1. The molecule has 1 atom stereocenters. The summed E-state index contributed by atoms with van der Waals surface area (Å²) in [7, 11) is 0. The van der Waals surface area contributed by atoms with Gasteiger partial charge in [0.05, 0.1) is 24.4 Å². The van der Waals surface area contributed by atoms with Crippen LogP contribution in [-0.4, -0.2) is 45.5 Å². The second-order valence-corrected chi connectivity index (χ2v) is 10.5. The van der Waals surface area contributed by atoms with E-state index in [4.69, 9.17) is 4.74 Å². The van der Waals surface area contributed by atoms with Crippen molar-refractivity contribution in [1.82, 2.24) is 9.58 Å². The maximum atomic E-state index is 13.5. The highest BCUT2D eigenvalue weighted by Gasteiger charge is 2.53. The molecule has 0 bridgehead atoms. The van der Waals surface area contributed by atoms with Gasteiger partial charge in [0.25, 0.3) is 5.91 Å². The minimum Gasteiger partial charge on any atom is -0.502 e. The van der Waals surface area contributed by atoms with E-state index in [1.807, 2.05) is 30.0 Å². The monoisotopic (exact) mass is 473 g/mol. The molecule has 4 heterocycles. The third-order valence-electron chi connectivity index (χ3n) is 7.39. The highest BCUT2D eigenvalue weighted by atomic mass is 32.2. The van der Waals surface area contributed by atoms with Gasteiger partial charge < -0.3 is 20.2 Å². The fourth-order valence-electron chi connectivity index (χ4n) is 5.34. The van der Waals surface area contributed by atoms with Crippen LogP contribution in [0.3, 0.4) is 0 Å². The van der Waals surface area contributed by atoms with Gasteiger partial charge in [0.2, 0.25) is 5.43 Å². The Bertz CT molecular complexity index is 1430. The average Bonchev–Trinajstić information content (AvgIpc) is 3.63. The molecule has 7 rings (SSSR count). The fraction of sp³-hybridized carbons (Fsp3) is 0.308. The summed E-state index contributed by atoms with van der Waals surface area (Å²) in [4.78, 5) is 29.4. The van der Waals surface area contributed by atoms with Gasteiger partial charge in [-0.25, -0.2) is 4.68 Å². The lowest BCUT2D eigenvalue weighted by Gasteiger charge is -2.45. The summed E-state index contributed by atoms with van der Waals surface area (Å²) in [5.74, 6) is -0.0229. The number of nitrogens with one attached hydrogen (secondary N) is 1. The second-order valence-electron chi connectivity index (χ2n) is 9.51. The maximum Gasteiger partial charge on any atom is 0.278 e. The van der Waals surface area contributed by atoms with E-state index in [1.54, 1.807) is 9.58 Å². The lowest BCUT2D eigenvalue weighted by atomic mass is 9.93. The molecule has 4 aliphatic rings. The van der Waals surface area contributed by atoms with Gasteiger partial charge in [-0.05, 0) is 42.0 Å². The quantitative estimate of drug-likeness (QED) is 0.564. The van der Waals surface area contributed by atoms with Crippen LogP contribution in [0.4, 0.5) is 0 Å². The minimum atomic E-state index is -0.551. The number of pyridine rings is 1. The molecule has 7 nitrogen and oxygen atoms in total. The summed E-state index contributed by atoms with van der Waals surface area (Å²) >= 11 is 1.81. The molecule has 34 heavy (non-hydrogen) atoms. The standard InChI is InChI=1S/C26H23N3O4S/c30-20-11-19(17-6-3-5-16-13-34-21-7-2-1-4-15(21)10-18(16)17)29-23(24(20)31)25(32)28-14-26(8-9-26)33-12-22(28)27-29/h1-7,11,22,27,31H,8-10,12-14H2/t22-/m0/s1. The predicted molar refractivity (Wildman–Crippen MR) is 129 cm³/mol. The number of carbonyl (C=O) groups is 1. The normalized spacial score (nSPS) is 21.6. The van der Waals surface area contributed by atoms with Crippen LogP contribution in [0.15, 0.2) is 58.2 Å². The molecule has 1 aliphatic carbocycles. The van der Waals surface area contributed by atoms with Crippen molar-refractivity contribution < 1.29 is 14.6 Å². The first kappa shape index (κ1) is 20.2. The summed E-state index contributed by atoms with van der Waals surface area (Å²) in [5, 5.41) is 10.7. The zero-order chi connectivity index (χ0) is 23.0. The third-order valence-corrected chi connectivity index (χ3v) is 8.56. The van der Waals surface area contributed by atoms with Crippen molar-refractivity contribution in [2.45, 2.75) is 41.7 Å². The van der Waals surface area contributed by atoms with Gasteiger partial charge >= 0.3 is 0 Å². The Kier molecular flexibility index (Phi) is 4.23. The van der Waals surface area contributed by atoms with Crippen molar-refractivity contribution in [2.24, 2.45) is 0 Å². The smallest absolute Gasteiger partial charge is 0.278 e. The summed E-state index contributed by atoms with van der Waals surface area (Å²) in [5.41, 5.74) is 7.60. The van der Waals surface area contributed by atoms with E-state index in [2.05, 4.69) is 29.7 Å². The van der Waals surface area contributed by atoms with E-state index in [0.717, 1.165) is 36.1 Å². The topological polar surface area (TPSA) is 83.8 Å². The number of morpholine rings is 1. The van der Waals surface area contributed by atoms with E-state index < -0.39 is 11.2 Å². The Labute approximate surface area is 200 Å². The molecule has 3 aromatic rings. The van der Waals surface area contributed by atoms with Crippen LogP contribution in [0.25, 0.3) is 11.3 Å². The zero-order valence-electron chi connectivity index (χ0n) is 18.4. The summed E-state index contributed by atoms with van der Waals surface area (Å²) in [6, 6.07) is 15.9. The number of hydrogen-bond acceptors (Lipinski definition) is 6. The van der Waals surface area contributed by atoms with Crippen LogP contribution in [0.1, 0.15) is 40.0 Å². The number of amides is 1. The largest absolute Gasteiger partial charge is 0.502 e. The highest BCUT2D eigenvalue weighted by molar-refractivity contribution is 7.98. The maximum absolute atomic E-state index is 13.5. The molecule has 0 radical (unpaired) electrons. The van der Waals surface area contributed by atoms with E-state index in [0.29, 0.717) is 18.8 Å². The average molecular weight is 474 g/mol. The van der Waals surface area contributed by atoms with E-state index in [1.165, 1.54) is 22.1 Å². The summed E-state index contributed by atoms with van der Waals surface area (Å²) in [6.07, 6.45) is 2.23. The van der Waals surface area contributed by atoms with Gasteiger partial charge in [-0.2, -0.15) is 0 Å². The van der Waals surface area contributed by atoms with Gasteiger partial charge in [-0.15, -0.1) is 11.8 Å². The van der Waals surface area contributed by atoms with Crippen molar-refractivity contribution in [3.8, 4) is 17.0 Å². The minimum absolute atomic E-state index is 0.00236. The number of rotatable bonds is 1. The summed E-state index contributed by atoms with van der Waals surface area (Å²) in [6.45, 7) is 0.838. The predicted octanol–water partition coefficient (Wildman–Crippen LogP) is 3.31. The number of thioether (sulfide) groups is 1. The molecule has 3 aliphatic heterocycles. The second kappa shape index (κ2) is 7.13. The summed E-state index contributed by atoms with van der Waals surface area (Å²) < 4.78 is 7.66. The lowest BCUT2D eigenvalue weighted by Crippen LogP contribution is -2.62. The fourth-order valence-corrected chi connectivity index (χ4v) is 6.43. The van der Waals surface area contributed by atoms with Crippen LogP contribution in [0, 0.1) is 0 Å². The highest BCUT2D eigenvalue weighted by Crippen LogP contribution is 2.44. The first-order chi connectivity index (χ1) is 16.5. The van der Waals surface area contributed by atoms with Crippen molar-refractivity contribution in [2.75, 3.05) is 18.6 Å². The Hall–Kier alpha value is -3.23. The van der Waals surface area contributed by atoms with Crippen molar-refractivity contribution in [3.05, 3.63) is 81.1 Å². The van der Waals surface area contributed by atoms with E-state index in [9.17, 15) is 14.7 Å². The first-order valence-corrected chi connectivity index (χ1v) is 12.5. The Balaban J connectivity index is 1.40. The van der Waals surface area contributed by atoms with Crippen LogP contribution >= 0.6 is 11.8 Å². The van der Waals surface area contributed by atoms with Crippen LogP contribution in [0.2, 0.25) is 0 Å². The molecule has 172 valence electrons. The number of aromatic nitrogens is 1. The molecule has 2 aromatic carbocycles. The van der Waals surface area contributed by atoms with Crippen molar-refractivity contribution in [3.63, 3.8) is 0 Å². The lowest BCUT2D eigenvalue weighted by molar-refractivity contribution is -0.0663. The molecular weight excluding hydrogens is 450 g/mol. The number of fused-ring (bicyclic) bond motifs is 4. The molecule has 2 N–H and O–H groups in total. The number of benzene rings is 2. The van der Waals surface area contributed by atoms with Gasteiger partial charge in [-0.1, -0.05) is 36.4 Å². The van der Waals surface area contributed by atoms with Crippen molar-refractivity contribution >= 4 is 17.7 Å². The van der Waals surface area contributed by atoms with Gasteiger partial charge in [0.15, 0.2) is 11.4 Å². The Morgan fingerprint density at radius 2 is 1.91 bits per heavy atom. The molecule has 1 saturated heterocycles. The van der Waals surface area contributed by atoms with Crippen LogP contribution in [-0.2, 0) is 16.9 Å². The Morgan fingerprint density at radius 1 is 1.09 bits per heavy atom. The molecule has 1 saturated carbocycles. The molecule has 1 aromatic heterocycles. The van der Waals surface area contributed by atoms with E-state index in [-0.39, 0.29) is 23.4 Å². The van der Waals surface area contributed by atoms with Gasteiger partial charge in [0, 0.05) is 22.3 Å². The van der Waals surface area contributed by atoms with Crippen LogP contribution in [0.5, 0.6) is 5.75 Å². The van der Waals surface area contributed by atoms with Crippen molar-refractivity contribution in [1.29, 1.82) is 0 Å². The molecule has 1 amide bonds.